The molecule has 0 spiro atoms. The Kier molecular flexibility index (Phi) is 2.81. The highest BCUT2D eigenvalue weighted by Crippen LogP contribution is 2.37. The molecule has 3 heterocycles. The molecular formula is C16H8F3N3O2. The number of halogens is 3. The van der Waals surface area contributed by atoms with Crippen LogP contribution in [0.4, 0.5) is 19.0 Å². The second kappa shape index (κ2) is 4.67. The number of H-pyrrole nitrogens is 1. The highest BCUT2D eigenvalue weighted by molar-refractivity contribution is 6.56. The van der Waals surface area contributed by atoms with Crippen molar-refractivity contribution in [3.8, 4) is 5.88 Å². The molecule has 0 radical (unpaired) electrons. The molecule has 4 rings (SSSR count). The Morgan fingerprint density at radius 3 is 2.67 bits per heavy atom. The Morgan fingerprint density at radius 2 is 1.96 bits per heavy atom. The van der Waals surface area contributed by atoms with E-state index in [9.17, 15) is 23.1 Å². The van der Waals surface area contributed by atoms with E-state index in [1.807, 2.05) is 0 Å². The molecule has 0 amide bonds. The zero-order chi connectivity index (χ0) is 17.1. The van der Waals surface area contributed by atoms with Crippen molar-refractivity contribution in [3.63, 3.8) is 0 Å². The van der Waals surface area contributed by atoms with Gasteiger partial charge in [-0.25, -0.2) is 9.98 Å². The van der Waals surface area contributed by atoms with E-state index in [2.05, 4.69) is 15.0 Å². The predicted molar refractivity (Wildman–Crippen MR) is 79.7 cm³/mol. The molecule has 1 aliphatic heterocycles. The first-order valence-electron chi connectivity index (χ1n) is 6.87. The number of alkyl halides is 3. The lowest BCUT2D eigenvalue weighted by atomic mass is 10.0. The molecule has 0 atom stereocenters. The van der Waals surface area contributed by atoms with Crippen molar-refractivity contribution in [2.45, 2.75) is 6.18 Å². The van der Waals surface area contributed by atoms with Gasteiger partial charge in [-0.3, -0.25) is 4.79 Å². The van der Waals surface area contributed by atoms with Crippen LogP contribution in [0, 0.1) is 0 Å². The molecule has 5 nitrogen and oxygen atoms in total. The molecule has 3 aromatic rings. The number of aromatic nitrogens is 2. The molecule has 0 aliphatic carbocycles. The van der Waals surface area contributed by atoms with Crippen LogP contribution < -0.4 is 0 Å². The van der Waals surface area contributed by atoms with E-state index in [1.165, 1.54) is 12.3 Å². The first kappa shape index (κ1) is 14.4. The molecule has 2 aromatic heterocycles. The number of nitrogens with zero attached hydrogens (tertiary/aromatic N) is 2. The van der Waals surface area contributed by atoms with Crippen LogP contribution in [0.15, 0.2) is 41.5 Å². The van der Waals surface area contributed by atoms with Crippen molar-refractivity contribution in [2.75, 3.05) is 0 Å². The standard InChI is InChI=1S/C16H8F3N3O2/c17-16(18,19)7-3-4-8-10(6-7)21-15(24)11(8)12-13(23)9-2-1-5-20-14(9)22-12/h1-6,21,24H. The number of aromatic hydroxyl groups is 1. The summed E-state index contributed by atoms with van der Waals surface area (Å²) in [6, 6.07) is 6.11. The molecule has 0 fully saturated rings. The van der Waals surface area contributed by atoms with Crippen LogP contribution in [0.5, 0.6) is 5.88 Å². The Balaban J connectivity index is 1.90. The maximum absolute atomic E-state index is 12.8. The number of aliphatic imine (C=N–C) groups is 1. The van der Waals surface area contributed by atoms with Crippen molar-refractivity contribution >= 4 is 28.2 Å². The number of pyridine rings is 1. The fourth-order valence-corrected chi connectivity index (χ4v) is 2.72. The first-order chi connectivity index (χ1) is 11.4. The van der Waals surface area contributed by atoms with Crippen LogP contribution >= 0.6 is 0 Å². The van der Waals surface area contributed by atoms with E-state index in [1.54, 1.807) is 12.1 Å². The van der Waals surface area contributed by atoms with Crippen molar-refractivity contribution in [1.29, 1.82) is 0 Å². The Labute approximate surface area is 132 Å². The monoisotopic (exact) mass is 331 g/mol. The van der Waals surface area contributed by atoms with E-state index in [0.717, 1.165) is 12.1 Å². The number of fused-ring (bicyclic) bond motifs is 2. The summed E-state index contributed by atoms with van der Waals surface area (Å²) in [6.07, 6.45) is -3.03. The molecular weight excluding hydrogens is 323 g/mol. The Bertz CT molecular complexity index is 1030. The van der Waals surface area contributed by atoms with E-state index in [4.69, 9.17) is 0 Å². The Hall–Kier alpha value is -3.16. The van der Waals surface area contributed by atoms with Gasteiger partial charge in [-0.1, -0.05) is 6.07 Å². The molecule has 8 heteroatoms. The van der Waals surface area contributed by atoms with Crippen LogP contribution in [-0.4, -0.2) is 26.6 Å². The van der Waals surface area contributed by atoms with E-state index in [0.29, 0.717) is 0 Å². The quantitative estimate of drug-likeness (QED) is 0.715. The van der Waals surface area contributed by atoms with E-state index >= 15 is 0 Å². The van der Waals surface area contributed by atoms with Crippen LogP contribution in [0.3, 0.4) is 0 Å². The summed E-state index contributed by atoms with van der Waals surface area (Å²) in [4.78, 5) is 23.0. The molecule has 1 aliphatic rings. The minimum atomic E-state index is -4.50. The summed E-state index contributed by atoms with van der Waals surface area (Å²) in [7, 11) is 0. The number of carbonyl (C=O) groups excluding carboxylic acids is 1. The van der Waals surface area contributed by atoms with Gasteiger partial charge in [0.05, 0.1) is 16.7 Å². The average Bonchev–Trinajstić information content (AvgIpc) is 3.02. The number of carbonyl (C=O) groups is 1. The summed E-state index contributed by atoms with van der Waals surface area (Å²) in [5.41, 5.74) is -0.480. The van der Waals surface area contributed by atoms with Crippen LogP contribution in [0.1, 0.15) is 21.5 Å². The summed E-state index contributed by atoms with van der Waals surface area (Å²) in [5.74, 6) is -0.628. The second-order valence-electron chi connectivity index (χ2n) is 5.27. The minimum Gasteiger partial charge on any atom is -0.494 e. The largest absolute Gasteiger partial charge is 0.494 e. The summed E-state index contributed by atoms with van der Waals surface area (Å²) < 4.78 is 38.4. The SMILES string of the molecule is O=C1C(c2c(O)[nH]c3cc(C(F)(F)F)ccc23)=Nc2ncccc21. The second-order valence-corrected chi connectivity index (χ2v) is 5.27. The van der Waals surface area contributed by atoms with Crippen molar-refractivity contribution < 1.29 is 23.1 Å². The summed E-state index contributed by atoms with van der Waals surface area (Å²) >= 11 is 0. The molecule has 120 valence electrons. The third kappa shape index (κ3) is 1.99. The van der Waals surface area contributed by atoms with Gasteiger partial charge in [0.2, 0.25) is 5.78 Å². The molecule has 0 bridgehead atoms. The van der Waals surface area contributed by atoms with Gasteiger partial charge in [0, 0.05) is 17.1 Å². The lowest BCUT2D eigenvalue weighted by molar-refractivity contribution is -0.137. The molecule has 2 N–H and O–H groups in total. The predicted octanol–water partition coefficient (Wildman–Crippen LogP) is 3.60. The number of ketones is 1. The maximum Gasteiger partial charge on any atom is 0.416 e. The maximum atomic E-state index is 12.8. The number of aromatic amines is 1. The lowest BCUT2D eigenvalue weighted by Crippen LogP contribution is -2.11. The summed E-state index contributed by atoms with van der Waals surface area (Å²) in [6.45, 7) is 0. The van der Waals surface area contributed by atoms with E-state index < -0.39 is 23.4 Å². The Morgan fingerprint density at radius 1 is 1.17 bits per heavy atom. The molecule has 0 saturated carbocycles. The molecule has 0 unspecified atom stereocenters. The normalized spacial score (nSPS) is 14.1. The third-order valence-corrected chi connectivity index (χ3v) is 3.81. The smallest absolute Gasteiger partial charge is 0.416 e. The highest BCUT2D eigenvalue weighted by atomic mass is 19.4. The number of Topliss-reactive ketones (excluding diaryl/α,β-unsaturated/α-hetero) is 1. The van der Waals surface area contributed by atoms with Crippen molar-refractivity contribution in [2.24, 2.45) is 4.99 Å². The lowest BCUT2D eigenvalue weighted by Gasteiger charge is -2.06. The van der Waals surface area contributed by atoms with Gasteiger partial charge < -0.3 is 10.1 Å². The van der Waals surface area contributed by atoms with E-state index in [-0.39, 0.29) is 33.6 Å². The van der Waals surface area contributed by atoms with Gasteiger partial charge in [-0.2, -0.15) is 13.2 Å². The van der Waals surface area contributed by atoms with Crippen LogP contribution in [0.2, 0.25) is 0 Å². The number of hydrogen-bond donors (Lipinski definition) is 2. The van der Waals surface area contributed by atoms with Gasteiger partial charge in [0.15, 0.2) is 11.7 Å². The molecule has 0 saturated heterocycles. The van der Waals surface area contributed by atoms with Gasteiger partial charge in [-0.15, -0.1) is 0 Å². The van der Waals surface area contributed by atoms with Gasteiger partial charge >= 0.3 is 6.18 Å². The summed E-state index contributed by atoms with van der Waals surface area (Å²) in [5, 5.41) is 10.4. The molecule has 24 heavy (non-hydrogen) atoms. The highest BCUT2D eigenvalue weighted by Gasteiger charge is 2.33. The van der Waals surface area contributed by atoms with Gasteiger partial charge in [0.1, 0.15) is 5.71 Å². The van der Waals surface area contributed by atoms with Crippen LogP contribution in [0.25, 0.3) is 10.9 Å². The fraction of sp³-hybridized carbons (Fsp3) is 0.0625. The van der Waals surface area contributed by atoms with Gasteiger partial charge in [-0.05, 0) is 24.3 Å². The average molecular weight is 331 g/mol. The first-order valence-corrected chi connectivity index (χ1v) is 6.87. The fourth-order valence-electron chi connectivity index (χ4n) is 2.72. The topological polar surface area (TPSA) is 78.3 Å². The zero-order valence-electron chi connectivity index (χ0n) is 11.8. The van der Waals surface area contributed by atoms with Crippen LogP contribution in [-0.2, 0) is 6.18 Å². The van der Waals surface area contributed by atoms with Gasteiger partial charge in [0.25, 0.3) is 0 Å². The minimum absolute atomic E-state index is 0.0489. The number of rotatable bonds is 1. The number of nitrogens with one attached hydrogen (secondary N) is 1. The molecule has 1 aromatic carbocycles. The number of benzene rings is 1. The zero-order valence-corrected chi connectivity index (χ0v) is 11.8. The van der Waals surface area contributed by atoms with Crippen molar-refractivity contribution in [3.05, 3.63) is 53.2 Å². The van der Waals surface area contributed by atoms with Crippen molar-refractivity contribution in [1.82, 2.24) is 9.97 Å². The third-order valence-electron chi connectivity index (χ3n) is 3.81. The number of hydrogen-bond acceptors (Lipinski definition) is 4.